The number of aliphatic imine (C=N–C) groups is 2. The van der Waals surface area contributed by atoms with Crippen LogP contribution in [-0.2, 0) is 0 Å². The summed E-state index contributed by atoms with van der Waals surface area (Å²) in [7, 11) is 0. The third kappa shape index (κ3) is 6.73. The smallest absolute Gasteiger partial charge is 0.117 e. The fraction of sp³-hybridized carbons (Fsp3) is 0.0938. The summed E-state index contributed by atoms with van der Waals surface area (Å²) in [5, 5.41) is 10.0. The molecule has 0 bridgehead atoms. The van der Waals surface area contributed by atoms with Crippen molar-refractivity contribution in [3.8, 4) is 0 Å². The number of hydrogen-bond donors (Lipinski definition) is 1. The third-order valence-corrected chi connectivity index (χ3v) is 5.22. The van der Waals surface area contributed by atoms with Gasteiger partial charge in [-0.2, -0.15) is 0 Å². The maximum absolute atomic E-state index is 10.0. The van der Waals surface area contributed by atoms with Gasteiger partial charge in [0.05, 0.1) is 28.5 Å². The van der Waals surface area contributed by atoms with Crippen molar-refractivity contribution in [2.24, 2.45) is 9.98 Å². The molecule has 36 heavy (non-hydrogen) atoms. The molecular formula is C32H33N3O. The minimum atomic E-state index is -0.110. The number of allylic oxidation sites excluding steroid dienone is 7. The summed E-state index contributed by atoms with van der Waals surface area (Å²) < 4.78 is 0. The molecule has 0 saturated heterocycles. The van der Waals surface area contributed by atoms with Crippen LogP contribution in [0.4, 0.5) is 0 Å². The highest BCUT2D eigenvalue weighted by atomic mass is 16.3. The van der Waals surface area contributed by atoms with E-state index in [4.69, 9.17) is 9.98 Å². The van der Waals surface area contributed by atoms with Gasteiger partial charge in [0.2, 0.25) is 0 Å². The summed E-state index contributed by atoms with van der Waals surface area (Å²) in [5.74, 6) is -0.110. The Hall–Kier alpha value is -4.57. The van der Waals surface area contributed by atoms with E-state index in [9.17, 15) is 5.11 Å². The van der Waals surface area contributed by atoms with E-state index in [1.807, 2.05) is 63.2 Å². The largest absolute Gasteiger partial charge is 0.508 e. The van der Waals surface area contributed by atoms with Crippen molar-refractivity contribution in [2.45, 2.75) is 20.8 Å². The molecule has 0 fully saturated rings. The van der Waals surface area contributed by atoms with Gasteiger partial charge in [0.25, 0.3) is 0 Å². The van der Waals surface area contributed by atoms with E-state index in [0.717, 1.165) is 33.7 Å². The second-order valence-corrected chi connectivity index (χ2v) is 7.91. The standard InChI is InChI=1S/C32H33N3O/c1-9-16-27(23(8)36)30(13-5)34-28(11-3)25-17-14-18-26(21-25)29(12-4)35-31(22(6)7)32-24(10-2)19-15-20-33-32/h9-21,36H,1-2,4-5,8H2,3,6-7H3/b27-16+,28-11-,34-30-,35-29?. The number of hydrogen-bond acceptors (Lipinski definition) is 4. The predicted octanol–water partition coefficient (Wildman–Crippen LogP) is 8.32. The van der Waals surface area contributed by atoms with Gasteiger partial charge < -0.3 is 5.11 Å². The normalized spacial score (nSPS) is 12.5. The summed E-state index contributed by atoms with van der Waals surface area (Å²) in [6, 6.07) is 11.7. The van der Waals surface area contributed by atoms with E-state index < -0.39 is 0 Å². The molecule has 0 amide bonds. The summed E-state index contributed by atoms with van der Waals surface area (Å²) >= 11 is 0. The number of rotatable bonds is 11. The maximum atomic E-state index is 10.0. The van der Waals surface area contributed by atoms with E-state index in [-0.39, 0.29) is 5.76 Å². The first-order valence-electron chi connectivity index (χ1n) is 11.5. The lowest BCUT2D eigenvalue weighted by atomic mass is 10.0. The fourth-order valence-electron chi connectivity index (χ4n) is 3.46. The molecule has 182 valence electrons. The zero-order valence-electron chi connectivity index (χ0n) is 21.3. The predicted molar refractivity (Wildman–Crippen MR) is 157 cm³/mol. The van der Waals surface area contributed by atoms with Gasteiger partial charge in [-0.3, -0.25) is 4.98 Å². The fourth-order valence-corrected chi connectivity index (χ4v) is 3.46. The van der Waals surface area contributed by atoms with Crippen LogP contribution in [0.2, 0.25) is 0 Å². The lowest BCUT2D eigenvalue weighted by Crippen LogP contribution is -2.03. The number of aromatic nitrogens is 1. The molecule has 4 nitrogen and oxygen atoms in total. The molecule has 1 heterocycles. The van der Waals surface area contributed by atoms with Crippen LogP contribution >= 0.6 is 0 Å². The van der Waals surface area contributed by atoms with Crippen LogP contribution < -0.4 is 0 Å². The van der Waals surface area contributed by atoms with Crippen molar-refractivity contribution in [1.82, 2.24) is 4.98 Å². The zero-order valence-corrected chi connectivity index (χ0v) is 21.3. The molecule has 0 saturated carbocycles. The lowest BCUT2D eigenvalue weighted by molar-refractivity contribution is 0.431. The summed E-state index contributed by atoms with van der Waals surface area (Å²) in [5.41, 5.74) is 7.55. The number of aliphatic hydroxyl groups excluding tert-OH is 1. The van der Waals surface area contributed by atoms with E-state index >= 15 is 0 Å². The molecule has 4 heteroatoms. The van der Waals surface area contributed by atoms with Gasteiger partial charge in [0, 0.05) is 28.5 Å². The molecular weight excluding hydrogens is 442 g/mol. The first-order chi connectivity index (χ1) is 17.3. The highest BCUT2D eigenvalue weighted by molar-refractivity contribution is 6.13. The first kappa shape index (κ1) is 27.7. The van der Waals surface area contributed by atoms with Crippen LogP contribution in [0.25, 0.3) is 17.5 Å². The molecule has 1 aromatic carbocycles. The number of nitrogens with zero attached hydrogens (tertiary/aromatic N) is 3. The first-order valence-corrected chi connectivity index (χ1v) is 11.5. The van der Waals surface area contributed by atoms with Gasteiger partial charge in [0.15, 0.2) is 0 Å². The quantitative estimate of drug-likeness (QED) is 0.202. The minimum Gasteiger partial charge on any atom is -0.508 e. The SMILES string of the molecule is C=C/C=C(C(=C)O)/C(C=C)=N\C(=C/C)c1cccc(C(C=C)=NC(=C(C)C)c2ncccc2C=C)c1. The summed E-state index contributed by atoms with van der Waals surface area (Å²) in [4.78, 5) is 14.2. The molecule has 0 aliphatic rings. The van der Waals surface area contributed by atoms with Crippen molar-refractivity contribution in [1.29, 1.82) is 0 Å². The van der Waals surface area contributed by atoms with Crippen LogP contribution in [0.15, 0.2) is 133 Å². The van der Waals surface area contributed by atoms with Gasteiger partial charge in [0.1, 0.15) is 5.76 Å². The molecule has 0 spiro atoms. The molecule has 2 rings (SSSR count). The average molecular weight is 476 g/mol. The van der Waals surface area contributed by atoms with Gasteiger partial charge in [-0.15, -0.1) is 0 Å². The van der Waals surface area contributed by atoms with Gasteiger partial charge in [-0.25, -0.2) is 9.98 Å². The monoisotopic (exact) mass is 475 g/mol. The van der Waals surface area contributed by atoms with Crippen LogP contribution in [0.5, 0.6) is 0 Å². The number of aliphatic hydroxyl groups is 1. The second-order valence-electron chi connectivity index (χ2n) is 7.91. The van der Waals surface area contributed by atoms with E-state index in [1.54, 1.807) is 36.6 Å². The minimum absolute atomic E-state index is 0.110. The number of benzene rings is 1. The van der Waals surface area contributed by atoms with E-state index in [1.165, 1.54) is 0 Å². The molecule has 0 aliphatic carbocycles. The Morgan fingerprint density at radius 1 is 0.972 bits per heavy atom. The Morgan fingerprint density at radius 2 is 1.69 bits per heavy atom. The Kier molecular flexibility index (Phi) is 10.3. The highest BCUT2D eigenvalue weighted by Gasteiger charge is 2.12. The molecule has 1 aromatic heterocycles. The van der Waals surface area contributed by atoms with Crippen molar-refractivity contribution in [3.63, 3.8) is 0 Å². The lowest BCUT2D eigenvalue weighted by Gasteiger charge is -2.12. The van der Waals surface area contributed by atoms with Crippen LogP contribution in [-0.4, -0.2) is 21.5 Å². The van der Waals surface area contributed by atoms with Crippen molar-refractivity contribution in [2.75, 3.05) is 0 Å². The van der Waals surface area contributed by atoms with Crippen molar-refractivity contribution >= 4 is 28.9 Å². The summed E-state index contributed by atoms with van der Waals surface area (Å²) in [6.07, 6.45) is 11.9. The zero-order chi connectivity index (χ0) is 26.7. The van der Waals surface area contributed by atoms with E-state index in [2.05, 4.69) is 37.9 Å². The van der Waals surface area contributed by atoms with E-state index in [0.29, 0.717) is 22.7 Å². The maximum Gasteiger partial charge on any atom is 0.117 e. The molecule has 2 aromatic rings. The Bertz CT molecular complexity index is 1340. The van der Waals surface area contributed by atoms with Gasteiger partial charge >= 0.3 is 0 Å². The molecule has 0 radical (unpaired) electrons. The second kappa shape index (κ2) is 13.4. The van der Waals surface area contributed by atoms with Crippen LogP contribution in [0, 0.1) is 0 Å². The van der Waals surface area contributed by atoms with Crippen molar-refractivity contribution < 1.29 is 5.11 Å². The summed E-state index contributed by atoms with van der Waals surface area (Å²) in [6.45, 7) is 25.0. The Morgan fingerprint density at radius 3 is 2.25 bits per heavy atom. The molecule has 0 aliphatic heterocycles. The third-order valence-electron chi connectivity index (χ3n) is 5.22. The molecule has 0 unspecified atom stereocenters. The van der Waals surface area contributed by atoms with Crippen LogP contribution in [0.1, 0.15) is 43.2 Å². The topological polar surface area (TPSA) is 57.8 Å². The molecule has 0 atom stereocenters. The highest BCUT2D eigenvalue weighted by Crippen LogP contribution is 2.25. The van der Waals surface area contributed by atoms with Gasteiger partial charge in [-0.1, -0.05) is 75.4 Å². The Balaban J connectivity index is 2.63. The number of pyridine rings is 1. The van der Waals surface area contributed by atoms with Gasteiger partial charge in [-0.05, 0) is 56.7 Å². The molecule has 1 N–H and O–H groups in total. The average Bonchev–Trinajstić information content (AvgIpc) is 2.89. The Labute approximate surface area is 214 Å². The van der Waals surface area contributed by atoms with Crippen LogP contribution in [0.3, 0.4) is 0 Å². The van der Waals surface area contributed by atoms with Crippen molar-refractivity contribution in [3.05, 3.63) is 145 Å².